The molecule has 2 rings (SSSR count). The van der Waals surface area contributed by atoms with Crippen molar-refractivity contribution in [2.45, 2.75) is 4.90 Å². The molecule has 0 radical (unpaired) electrons. The van der Waals surface area contributed by atoms with Crippen molar-refractivity contribution in [3.8, 4) is 0 Å². The van der Waals surface area contributed by atoms with Crippen molar-refractivity contribution >= 4 is 35.0 Å². The summed E-state index contributed by atoms with van der Waals surface area (Å²) in [5.41, 5.74) is 12.3. The number of hydrogen-bond acceptors (Lipinski definition) is 4. The first-order chi connectivity index (χ1) is 10.1. The zero-order valence-corrected chi connectivity index (χ0v) is 12.0. The molecule has 0 aliphatic heterocycles. The third kappa shape index (κ3) is 4.25. The number of anilines is 2. The van der Waals surface area contributed by atoms with Crippen LogP contribution in [0.3, 0.4) is 0 Å². The Hall–Kier alpha value is -2.47. The summed E-state index contributed by atoms with van der Waals surface area (Å²) in [6.07, 6.45) is 0. The van der Waals surface area contributed by atoms with Crippen LogP contribution in [0.1, 0.15) is 10.4 Å². The first-order valence-electron chi connectivity index (χ1n) is 6.23. The number of rotatable bonds is 5. The number of nitrogen functional groups attached to an aromatic ring is 1. The molecule has 108 valence electrons. The van der Waals surface area contributed by atoms with Crippen molar-refractivity contribution in [2.75, 3.05) is 16.8 Å². The summed E-state index contributed by atoms with van der Waals surface area (Å²) in [5.74, 6) is -0.568. The Morgan fingerprint density at radius 3 is 2.57 bits per heavy atom. The van der Waals surface area contributed by atoms with Gasteiger partial charge in [-0.15, -0.1) is 11.8 Å². The highest BCUT2D eigenvalue weighted by molar-refractivity contribution is 8.00. The molecule has 0 saturated heterocycles. The Morgan fingerprint density at radius 2 is 1.86 bits per heavy atom. The van der Waals surface area contributed by atoms with Gasteiger partial charge < -0.3 is 16.8 Å². The van der Waals surface area contributed by atoms with E-state index in [4.69, 9.17) is 11.5 Å². The van der Waals surface area contributed by atoms with E-state index in [1.54, 1.807) is 36.4 Å². The van der Waals surface area contributed by atoms with Gasteiger partial charge in [0.15, 0.2) is 0 Å². The van der Waals surface area contributed by atoms with Gasteiger partial charge in [-0.05, 0) is 30.3 Å². The van der Waals surface area contributed by atoms with Crippen molar-refractivity contribution in [1.82, 2.24) is 0 Å². The molecule has 0 atom stereocenters. The molecule has 21 heavy (non-hydrogen) atoms. The summed E-state index contributed by atoms with van der Waals surface area (Å²) in [7, 11) is 0. The van der Waals surface area contributed by atoms with E-state index in [2.05, 4.69) is 5.32 Å². The molecule has 0 fully saturated rings. The second kappa shape index (κ2) is 6.81. The van der Waals surface area contributed by atoms with Crippen LogP contribution in [0.5, 0.6) is 0 Å². The Bertz CT molecular complexity index is 673. The largest absolute Gasteiger partial charge is 0.399 e. The zero-order valence-electron chi connectivity index (χ0n) is 11.2. The van der Waals surface area contributed by atoms with Crippen LogP contribution in [0.4, 0.5) is 11.4 Å². The summed E-state index contributed by atoms with van der Waals surface area (Å²) < 4.78 is 0. The molecule has 2 amide bonds. The maximum atomic E-state index is 11.9. The first kappa shape index (κ1) is 14.9. The van der Waals surface area contributed by atoms with Crippen molar-refractivity contribution in [2.24, 2.45) is 5.73 Å². The normalized spacial score (nSPS) is 10.1. The number of benzene rings is 2. The maximum Gasteiger partial charge on any atom is 0.250 e. The molecule has 0 spiro atoms. The molecule has 6 heteroatoms. The highest BCUT2D eigenvalue weighted by Crippen LogP contribution is 2.21. The number of carbonyl (C=O) groups excluding carboxylic acids is 2. The number of thioether (sulfide) groups is 1. The van der Waals surface area contributed by atoms with Gasteiger partial charge in [0.05, 0.1) is 17.0 Å². The van der Waals surface area contributed by atoms with E-state index >= 15 is 0 Å². The van der Waals surface area contributed by atoms with Gasteiger partial charge in [-0.1, -0.05) is 18.2 Å². The van der Waals surface area contributed by atoms with Crippen molar-refractivity contribution in [1.29, 1.82) is 0 Å². The number of amides is 2. The van der Waals surface area contributed by atoms with Crippen LogP contribution in [0.25, 0.3) is 0 Å². The van der Waals surface area contributed by atoms with E-state index < -0.39 is 5.91 Å². The van der Waals surface area contributed by atoms with Gasteiger partial charge in [-0.3, -0.25) is 9.59 Å². The molecular formula is C15H15N3O2S. The van der Waals surface area contributed by atoms with Crippen molar-refractivity contribution < 1.29 is 9.59 Å². The monoisotopic (exact) mass is 301 g/mol. The molecule has 0 bridgehead atoms. The second-order valence-corrected chi connectivity index (χ2v) is 5.37. The van der Waals surface area contributed by atoms with Crippen LogP contribution in [0.15, 0.2) is 53.4 Å². The standard InChI is InChI=1S/C15H15N3O2S/c16-10-4-3-5-11(8-10)21-9-14(19)18-13-7-2-1-6-12(13)15(17)20/h1-8H,9,16H2,(H2,17,20)(H,18,19). The van der Waals surface area contributed by atoms with Crippen molar-refractivity contribution in [3.63, 3.8) is 0 Å². The average Bonchev–Trinajstić information content (AvgIpc) is 2.45. The predicted molar refractivity (Wildman–Crippen MR) is 85.2 cm³/mol. The number of primary amides is 1. The Morgan fingerprint density at radius 1 is 1.10 bits per heavy atom. The summed E-state index contributed by atoms with van der Waals surface area (Å²) >= 11 is 1.37. The van der Waals surface area contributed by atoms with E-state index in [-0.39, 0.29) is 11.7 Å². The Labute approximate surface area is 126 Å². The SMILES string of the molecule is NC(=O)c1ccccc1NC(=O)CSc1cccc(N)c1. The quantitative estimate of drug-likeness (QED) is 0.582. The van der Waals surface area contributed by atoms with E-state index in [0.29, 0.717) is 16.9 Å². The fourth-order valence-corrected chi connectivity index (χ4v) is 2.51. The molecule has 2 aromatic carbocycles. The van der Waals surface area contributed by atoms with Gasteiger partial charge in [0, 0.05) is 10.6 Å². The highest BCUT2D eigenvalue weighted by Gasteiger charge is 2.10. The zero-order chi connectivity index (χ0) is 15.2. The van der Waals surface area contributed by atoms with Crippen LogP contribution >= 0.6 is 11.8 Å². The third-order valence-electron chi connectivity index (χ3n) is 2.69. The van der Waals surface area contributed by atoms with E-state index in [1.807, 2.05) is 12.1 Å². The van der Waals surface area contributed by atoms with Gasteiger partial charge in [0.1, 0.15) is 0 Å². The number of para-hydroxylation sites is 1. The summed E-state index contributed by atoms with van der Waals surface area (Å²) in [4.78, 5) is 24.1. The lowest BCUT2D eigenvalue weighted by Gasteiger charge is -2.08. The van der Waals surface area contributed by atoms with Crippen LogP contribution in [0.2, 0.25) is 0 Å². The summed E-state index contributed by atoms with van der Waals surface area (Å²) in [6.45, 7) is 0. The van der Waals surface area contributed by atoms with E-state index in [0.717, 1.165) is 4.90 Å². The second-order valence-electron chi connectivity index (χ2n) is 4.32. The molecule has 0 saturated carbocycles. The molecule has 5 nitrogen and oxygen atoms in total. The van der Waals surface area contributed by atoms with Gasteiger partial charge in [0.25, 0.3) is 5.91 Å². The molecule has 0 heterocycles. The minimum Gasteiger partial charge on any atom is -0.399 e. The van der Waals surface area contributed by atoms with Gasteiger partial charge >= 0.3 is 0 Å². The van der Waals surface area contributed by atoms with Crippen LogP contribution in [-0.4, -0.2) is 17.6 Å². The summed E-state index contributed by atoms with van der Waals surface area (Å²) in [6, 6.07) is 13.9. The molecule has 5 N–H and O–H groups in total. The van der Waals surface area contributed by atoms with Gasteiger partial charge in [0.2, 0.25) is 5.91 Å². The predicted octanol–water partition coefficient (Wildman–Crippen LogP) is 2.10. The molecule has 2 aromatic rings. The fourth-order valence-electron chi connectivity index (χ4n) is 1.75. The van der Waals surface area contributed by atoms with Crippen LogP contribution in [-0.2, 0) is 4.79 Å². The third-order valence-corrected chi connectivity index (χ3v) is 3.69. The topological polar surface area (TPSA) is 98.2 Å². The molecule has 0 unspecified atom stereocenters. The van der Waals surface area contributed by atoms with Gasteiger partial charge in [-0.25, -0.2) is 0 Å². The Kier molecular flexibility index (Phi) is 4.84. The lowest BCUT2D eigenvalue weighted by atomic mass is 10.1. The van der Waals surface area contributed by atoms with Gasteiger partial charge in [-0.2, -0.15) is 0 Å². The Balaban J connectivity index is 1.98. The fraction of sp³-hybridized carbons (Fsp3) is 0.0667. The van der Waals surface area contributed by atoms with Crippen LogP contribution < -0.4 is 16.8 Å². The van der Waals surface area contributed by atoms with E-state index in [1.165, 1.54) is 11.8 Å². The maximum absolute atomic E-state index is 11.9. The minimum absolute atomic E-state index is 0.212. The minimum atomic E-state index is -0.575. The molecule has 0 aromatic heterocycles. The average molecular weight is 301 g/mol. The number of nitrogens with two attached hydrogens (primary N) is 2. The lowest BCUT2D eigenvalue weighted by Crippen LogP contribution is -2.19. The molecular weight excluding hydrogens is 286 g/mol. The smallest absolute Gasteiger partial charge is 0.250 e. The lowest BCUT2D eigenvalue weighted by molar-refractivity contribution is -0.113. The molecule has 0 aliphatic rings. The number of carbonyl (C=O) groups is 2. The number of hydrogen-bond donors (Lipinski definition) is 3. The van der Waals surface area contributed by atoms with Crippen LogP contribution in [0, 0.1) is 0 Å². The number of nitrogens with one attached hydrogen (secondary N) is 1. The van der Waals surface area contributed by atoms with E-state index in [9.17, 15) is 9.59 Å². The first-order valence-corrected chi connectivity index (χ1v) is 7.22. The highest BCUT2D eigenvalue weighted by atomic mass is 32.2. The molecule has 0 aliphatic carbocycles. The summed E-state index contributed by atoms with van der Waals surface area (Å²) in [5, 5.41) is 2.68. The van der Waals surface area contributed by atoms with Crippen molar-refractivity contribution in [3.05, 3.63) is 54.1 Å².